The van der Waals surface area contributed by atoms with Gasteiger partial charge in [0.05, 0.1) is 37.5 Å². The summed E-state index contributed by atoms with van der Waals surface area (Å²) in [5.41, 5.74) is 5.60. The van der Waals surface area contributed by atoms with Crippen LogP contribution in [0.4, 0.5) is 17.1 Å². The molecule has 0 fully saturated rings. The number of aliphatic imine (C=N–C) groups is 2. The SMILES string of the molecule is C=N/C(=C(\C=N/CNc1cc(NC)c(N(C)CCN(C)C)cc1OC)OC)c1cn(C)c2ccccc12. The number of benzene rings is 2. The lowest BCUT2D eigenvalue weighted by Crippen LogP contribution is -2.29. The summed E-state index contributed by atoms with van der Waals surface area (Å²) in [6.45, 7) is 5.95. The summed E-state index contributed by atoms with van der Waals surface area (Å²) in [4.78, 5) is 13.2. The van der Waals surface area contributed by atoms with E-state index in [0.717, 1.165) is 52.4 Å². The monoisotopic (exact) mass is 505 g/mol. The second-order valence-electron chi connectivity index (χ2n) is 8.94. The third kappa shape index (κ3) is 6.42. The van der Waals surface area contributed by atoms with Crippen molar-refractivity contribution in [2.45, 2.75) is 0 Å². The van der Waals surface area contributed by atoms with Gasteiger partial charge in [-0.05, 0) is 32.9 Å². The van der Waals surface area contributed by atoms with Crippen molar-refractivity contribution in [2.24, 2.45) is 17.0 Å². The molecule has 1 aromatic heterocycles. The van der Waals surface area contributed by atoms with Crippen LogP contribution in [0.25, 0.3) is 16.6 Å². The van der Waals surface area contributed by atoms with Gasteiger partial charge in [0.25, 0.3) is 0 Å². The highest BCUT2D eigenvalue weighted by atomic mass is 16.5. The molecule has 37 heavy (non-hydrogen) atoms. The number of hydrogen-bond acceptors (Lipinski definition) is 8. The molecule has 198 valence electrons. The molecule has 0 amide bonds. The second kappa shape index (κ2) is 12.8. The number of nitrogens with zero attached hydrogens (tertiary/aromatic N) is 5. The van der Waals surface area contributed by atoms with Crippen LogP contribution in [0.1, 0.15) is 5.56 Å². The van der Waals surface area contributed by atoms with Gasteiger partial charge in [0.1, 0.15) is 18.1 Å². The molecule has 9 heteroatoms. The molecule has 1 heterocycles. The zero-order chi connectivity index (χ0) is 26.9. The number of hydrogen-bond donors (Lipinski definition) is 2. The fourth-order valence-electron chi connectivity index (χ4n) is 4.16. The molecule has 0 radical (unpaired) electrons. The first kappa shape index (κ1) is 27.6. The fraction of sp³-hybridized carbons (Fsp3) is 0.357. The summed E-state index contributed by atoms with van der Waals surface area (Å²) < 4.78 is 13.4. The van der Waals surface area contributed by atoms with Crippen LogP contribution < -0.4 is 20.3 Å². The first-order valence-corrected chi connectivity index (χ1v) is 12.1. The Kier molecular flexibility index (Phi) is 9.57. The van der Waals surface area contributed by atoms with Crippen molar-refractivity contribution in [1.82, 2.24) is 9.47 Å². The van der Waals surface area contributed by atoms with Crippen molar-refractivity contribution in [3.8, 4) is 5.75 Å². The minimum atomic E-state index is 0.322. The number of nitrogens with one attached hydrogen (secondary N) is 2. The summed E-state index contributed by atoms with van der Waals surface area (Å²) in [6, 6.07) is 12.2. The first-order chi connectivity index (χ1) is 17.8. The highest BCUT2D eigenvalue weighted by Gasteiger charge is 2.15. The number of rotatable bonds is 13. The second-order valence-corrected chi connectivity index (χ2v) is 8.94. The van der Waals surface area contributed by atoms with Crippen molar-refractivity contribution < 1.29 is 9.47 Å². The Bertz CT molecular complexity index is 1280. The molecule has 0 atom stereocenters. The minimum absolute atomic E-state index is 0.322. The molecular formula is C28H39N7O2. The largest absolute Gasteiger partial charge is 0.495 e. The van der Waals surface area contributed by atoms with E-state index in [4.69, 9.17) is 9.47 Å². The number of aromatic nitrogens is 1. The molecule has 3 rings (SSSR count). The average molecular weight is 506 g/mol. The molecule has 0 unspecified atom stereocenters. The summed E-state index contributed by atoms with van der Waals surface area (Å²) in [7, 11) is 13.4. The molecule has 0 saturated heterocycles. The van der Waals surface area contributed by atoms with Gasteiger partial charge in [-0.1, -0.05) is 18.2 Å². The van der Waals surface area contributed by atoms with Crippen LogP contribution in [0.5, 0.6) is 5.75 Å². The van der Waals surface area contributed by atoms with Gasteiger partial charge in [-0.2, -0.15) is 0 Å². The Morgan fingerprint density at radius 1 is 1.11 bits per heavy atom. The molecule has 0 aliphatic heterocycles. The molecule has 0 spiro atoms. The van der Waals surface area contributed by atoms with E-state index in [0.29, 0.717) is 18.1 Å². The van der Waals surface area contributed by atoms with E-state index in [2.05, 4.69) is 75.0 Å². The number of fused-ring (bicyclic) bond motifs is 1. The Balaban J connectivity index is 1.82. The smallest absolute Gasteiger partial charge is 0.162 e. The van der Waals surface area contributed by atoms with Crippen molar-refractivity contribution in [3.05, 3.63) is 53.9 Å². The van der Waals surface area contributed by atoms with E-state index < -0.39 is 0 Å². The molecule has 2 aromatic carbocycles. The van der Waals surface area contributed by atoms with Crippen LogP contribution in [0.15, 0.2) is 58.3 Å². The Morgan fingerprint density at radius 2 is 1.86 bits per heavy atom. The summed E-state index contributed by atoms with van der Waals surface area (Å²) >= 11 is 0. The van der Waals surface area contributed by atoms with Gasteiger partial charge >= 0.3 is 0 Å². The van der Waals surface area contributed by atoms with Crippen LogP contribution in [-0.4, -0.2) is 84.6 Å². The lowest BCUT2D eigenvalue weighted by atomic mass is 10.1. The molecule has 0 bridgehead atoms. The highest BCUT2D eigenvalue weighted by molar-refractivity contribution is 5.98. The standard InChI is InChI=1S/C28H39N7O2/c1-29-22-15-23(26(36-7)16-25(22)34(5)14-13-33(3)4)32-19-31-17-27(37-8)28(30-2)21-18-35(6)24-12-10-9-11-20(21)24/h9-12,15-18,29,32H,2,13-14,19H2,1,3-8H3/b28-27+,31-17-. The molecule has 3 aromatic rings. The van der Waals surface area contributed by atoms with E-state index in [9.17, 15) is 0 Å². The third-order valence-corrected chi connectivity index (χ3v) is 6.21. The highest BCUT2D eigenvalue weighted by Crippen LogP contribution is 2.36. The normalized spacial score (nSPS) is 12.1. The van der Waals surface area contributed by atoms with Crippen LogP contribution in [0, 0.1) is 0 Å². The van der Waals surface area contributed by atoms with Gasteiger partial charge in [0, 0.05) is 63.0 Å². The van der Waals surface area contributed by atoms with E-state index in [1.165, 1.54) is 0 Å². The van der Waals surface area contributed by atoms with E-state index in [1.54, 1.807) is 20.4 Å². The number of anilines is 3. The van der Waals surface area contributed by atoms with Crippen molar-refractivity contribution in [3.63, 3.8) is 0 Å². The number of aryl methyl sites for hydroxylation is 1. The van der Waals surface area contributed by atoms with Crippen LogP contribution in [0.3, 0.4) is 0 Å². The summed E-state index contributed by atoms with van der Waals surface area (Å²) in [5.74, 6) is 1.28. The maximum Gasteiger partial charge on any atom is 0.162 e. The van der Waals surface area contributed by atoms with Gasteiger partial charge in [-0.15, -0.1) is 0 Å². The maximum absolute atomic E-state index is 5.68. The number of methoxy groups -OCH3 is 2. The van der Waals surface area contributed by atoms with Crippen LogP contribution in [-0.2, 0) is 11.8 Å². The van der Waals surface area contributed by atoms with Gasteiger partial charge in [-0.25, -0.2) is 0 Å². The summed E-state index contributed by atoms with van der Waals surface area (Å²) in [6.07, 6.45) is 3.70. The maximum atomic E-state index is 5.68. The zero-order valence-electron chi connectivity index (χ0n) is 23.0. The number of likely N-dealkylation sites (N-methyl/N-ethyl adjacent to an activating group) is 2. The molecule has 2 N–H and O–H groups in total. The first-order valence-electron chi connectivity index (χ1n) is 12.1. The van der Waals surface area contributed by atoms with Gasteiger partial charge in [0.15, 0.2) is 5.76 Å². The average Bonchev–Trinajstić information content (AvgIpc) is 3.24. The molecule has 9 nitrogen and oxygen atoms in total. The van der Waals surface area contributed by atoms with Crippen LogP contribution in [0.2, 0.25) is 0 Å². The minimum Gasteiger partial charge on any atom is -0.495 e. The fourth-order valence-corrected chi connectivity index (χ4v) is 4.16. The predicted octanol–water partition coefficient (Wildman–Crippen LogP) is 4.38. The molecule has 0 aliphatic rings. The van der Waals surface area contributed by atoms with E-state index in [-0.39, 0.29) is 0 Å². The van der Waals surface area contributed by atoms with E-state index in [1.807, 2.05) is 44.6 Å². The Morgan fingerprint density at radius 3 is 2.51 bits per heavy atom. The predicted molar refractivity (Wildman–Crippen MR) is 158 cm³/mol. The van der Waals surface area contributed by atoms with E-state index >= 15 is 0 Å². The van der Waals surface area contributed by atoms with Crippen LogP contribution >= 0.6 is 0 Å². The Hall–Kier alpha value is -3.98. The third-order valence-electron chi connectivity index (χ3n) is 6.21. The molecule has 0 saturated carbocycles. The Labute approximate surface area is 220 Å². The summed E-state index contributed by atoms with van der Waals surface area (Å²) in [5, 5.41) is 7.72. The van der Waals surface area contributed by atoms with Crippen molar-refractivity contribution in [2.75, 3.05) is 77.7 Å². The zero-order valence-corrected chi connectivity index (χ0v) is 23.0. The number of ether oxygens (including phenoxy) is 2. The number of allylic oxidation sites excluding steroid dienone is 1. The lowest BCUT2D eigenvalue weighted by molar-refractivity contribution is 0.318. The van der Waals surface area contributed by atoms with Crippen molar-refractivity contribution >= 4 is 46.6 Å². The lowest BCUT2D eigenvalue weighted by Gasteiger charge is -2.25. The number of para-hydroxylation sites is 1. The van der Waals surface area contributed by atoms with Gasteiger partial charge < -0.3 is 34.5 Å². The van der Waals surface area contributed by atoms with Gasteiger partial charge in [0.2, 0.25) is 0 Å². The van der Waals surface area contributed by atoms with Crippen molar-refractivity contribution in [1.29, 1.82) is 0 Å². The molecular weight excluding hydrogens is 466 g/mol. The quantitative estimate of drug-likeness (QED) is 0.265. The molecule has 0 aliphatic carbocycles. The van der Waals surface area contributed by atoms with Gasteiger partial charge in [-0.3, -0.25) is 9.98 Å². The topological polar surface area (TPSA) is 78.7 Å².